The summed E-state index contributed by atoms with van der Waals surface area (Å²) in [5, 5.41) is 0. The van der Waals surface area contributed by atoms with Crippen LogP contribution in [-0.4, -0.2) is 71.7 Å². The molecule has 0 bridgehead atoms. The topological polar surface area (TPSA) is 59.8 Å². The smallest absolute Gasteiger partial charge is 0.242 e. The molecule has 0 spiro atoms. The van der Waals surface area contributed by atoms with Crippen LogP contribution < -0.4 is 9.47 Å². The van der Waals surface area contributed by atoms with E-state index in [1.165, 1.54) is 0 Å². The van der Waals surface area contributed by atoms with Crippen molar-refractivity contribution in [2.75, 3.05) is 46.4 Å². The lowest BCUT2D eigenvalue weighted by atomic mass is 10.3. The average Bonchev–Trinajstić information content (AvgIpc) is 3.09. The zero-order valence-corrected chi connectivity index (χ0v) is 17.6. The van der Waals surface area contributed by atoms with Crippen molar-refractivity contribution in [1.29, 1.82) is 0 Å². The molecule has 2 aromatic carbocycles. The number of fused-ring (bicyclic) bond motifs is 1. The normalized spacial score (nSPS) is 14.8. The third kappa shape index (κ3) is 4.57. The van der Waals surface area contributed by atoms with Crippen molar-refractivity contribution < 1.29 is 14.3 Å². The summed E-state index contributed by atoms with van der Waals surface area (Å²) in [6.07, 6.45) is 0. The van der Waals surface area contributed by atoms with Crippen molar-refractivity contribution in [3.05, 3.63) is 54.4 Å². The summed E-state index contributed by atoms with van der Waals surface area (Å²) in [6.45, 7) is 6.94. The van der Waals surface area contributed by atoms with Gasteiger partial charge < -0.3 is 18.9 Å². The predicted molar refractivity (Wildman–Crippen MR) is 116 cm³/mol. The highest BCUT2D eigenvalue weighted by molar-refractivity contribution is 5.81. The van der Waals surface area contributed by atoms with Gasteiger partial charge in [0.1, 0.15) is 30.5 Å². The van der Waals surface area contributed by atoms with Gasteiger partial charge in [-0.3, -0.25) is 9.69 Å². The Bertz CT molecular complexity index is 1010. The molecule has 0 N–H and O–H groups in total. The van der Waals surface area contributed by atoms with Crippen LogP contribution in [-0.2, 0) is 11.3 Å². The van der Waals surface area contributed by atoms with Crippen LogP contribution >= 0.6 is 0 Å². The van der Waals surface area contributed by atoms with Crippen molar-refractivity contribution in [2.45, 2.75) is 13.5 Å². The standard InChI is InChI=1S/C23H28N4O3/c1-18-24-21-8-3-4-9-22(21)27(18)17-23(28)26-12-10-25(11-13-26)14-15-30-20-7-5-6-19(16-20)29-2/h3-9,16H,10-15,17H2,1-2H3. The van der Waals surface area contributed by atoms with Crippen LogP contribution in [0.2, 0.25) is 0 Å². The summed E-state index contributed by atoms with van der Waals surface area (Å²) in [4.78, 5) is 21.7. The number of amides is 1. The highest BCUT2D eigenvalue weighted by Gasteiger charge is 2.22. The van der Waals surface area contributed by atoms with Crippen LogP contribution in [0.25, 0.3) is 11.0 Å². The number of imidazole rings is 1. The number of nitrogens with zero attached hydrogens (tertiary/aromatic N) is 4. The van der Waals surface area contributed by atoms with Gasteiger partial charge in [-0.25, -0.2) is 4.98 Å². The Labute approximate surface area is 176 Å². The number of rotatable bonds is 7. The van der Waals surface area contributed by atoms with E-state index in [-0.39, 0.29) is 5.91 Å². The molecule has 0 radical (unpaired) electrons. The van der Waals surface area contributed by atoms with Gasteiger partial charge in [0.25, 0.3) is 0 Å². The molecule has 158 valence electrons. The second-order valence-electron chi connectivity index (χ2n) is 7.48. The zero-order chi connectivity index (χ0) is 20.9. The Morgan fingerprint density at radius 3 is 2.60 bits per heavy atom. The fraction of sp³-hybridized carbons (Fsp3) is 0.391. The van der Waals surface area contributed by atoms with E-state index in [0.29, 0.717) is 13.2 Å². The maximum Gasteiger partial charge on any atom is 0.242 e. The molecule has 1 amide bonds. The van der Waals surface area contributed by atoms with Crippen molar-refractivity contribution in [1.82, 2.24) is 19.4 Å². The highest BCUT2D eigenvalue weighted by Crippen LogP contribution is 2.19. The third-order valence-corrected chi connectivity index (χ3v) is 5.58. The summed E-state index contributed by atoms with van der Waals surface area (Å²) >= 11 is 0. The molecular weight excluding hydrogens is 380 g/mol. The van der Waals surface area contributed by atoms with Crippen LogP contribution in [0.3, 0.4) is 0 Å². The number of hydrogen-bond acceptors (Lipinski definition) is 5. The van der Waals surface area contributed by atoms with Gasteiger partial charge in [0.15, 0.2) is 0 Å². The third-order valence-electron chi connectivity index (χ3n) is 5.58. The summed E-state index contributed by atoms with van der Waals surface area (Å²) in [7, 11) is 1.65. The number of methoxy groups -OCH3 is 1. The minimum absolute atomic E-state index is 0.147. The van der Waals surface area contributed by atoms with E-state index >= 15 is 0 Å². The number of carbonyl (C=O) groups is 1. The average molecular weight is 409 g/mol. The van der Waals surface area contributed by atoms with Gasteiger partial charge in [-0.2, -0.15) is 0 Å². The fourth-order valence-electron chi connectivity index (χ4n) is 3.84. The van der Waals surface area contributed by atoms with E-state index in [2.05, 4.69) is 9.88 Å². The molecule has 0 aliphatic carbocycles. The molecule has 1 saturated heterocycles. The van der Waals surface area contributed by atoms with Crippen LogP contribution in [0.1, 0.15) is 5.82 Å². The monoisotopic (exact) mass is 408 g/mol. The second kappa shape index (κ2) is 9.17. The maximum atomic E-state index is 12.8. The number of aromatic nitrogens is 2. The van der Waals surface area contributed by atoms with Gasteiger partial charge in [-0.15, -0.1) is 0 Å². The first-order valence-electron chi connectivity index (χ1n) is 10.3. The lowest BCUT2D eigenvalue weighted by molar-refractivity contribution is -0.133. The number of benzene rings is 2. The SMILES string of the molecule is COc1cccc(OCCN2CCN(C(=O)Cn3c(C)nc4ccccc43)CC2)c1. The Morgan fingerprint density at radius 1 is 1.03 bits per heavy atom. The van der Waals surface area contributed by atoms with Gasteiger partial charge in [0.2, 0.25) is 5.91 Å². The molecule has 0 unspecified atom stereocenters. The summed E-state index contributed by atoms with van der Waals surface area (Å²) in [5.74, 6) is 2.62. The van der Waals surface area contributed by atoms with Crippen molar-refractivity contribution in [3.63, 3.8) is 0 Å². The number of ether oxygens (including phenoxy) is 2. The predicted octanol–water partition coefficient (Wildman–Crippen LogP) is 2.58. The molecule has 3 aromatic rings. The molecule has 1 aromatic heterocycles. The largest absolute Gasteiger partial charge is 0.497 e. The second-order valence-corrected chi connectivity index (χ2v) is 7.48. The summed E-state index contributed by atoms with van der Waals surface area (Å²) in [6, 6.07) is 15.6. The van der Waals surface area contributed by atoms with E-state index in [9.17, 15) is 4.79 Å². The Morgan fingerprint density at radius 2 is 1.80 bits per heavy atom. The highest BCUT2D eigenvalue weighted by atomic mass is 16.5. The van der Waals surface area contributed by atoms with Crippen molar-refractivity contribution in [2.24, 2.45) is 0 Å². The molecule has 1 fully saturated rings. The number of para-hydroxylation sites is 2. The number of hydrogen-bond donors (Lipinski definition) is 0. The van der Waals surface area contributed by atoms with Crippen molar-refractivity contribution in [3.8, 4) is 11.5 Å². The lowest BCUT2D eigenvalue weighted by Crippen LogP contribution is -2.50. The Kier molecular flexibility index (Phi) is 6.18. The lowest BCUT2D eigenvalue weighted by Gasteiger charge is -2.34. The fourth-order valence-corrected chi connectivity index (χ4v) is 3.84. The van der Waals surface area contributed by atoms with Gasteiger partial charge in [-0.1, -0.05) is 18.2 Å². The molecule has 0 saturated carbocycles. The van der Waals surface area contributed by atoms with Gasteiger partial charge >= 0.3 is 0 Å². The first-order chi connectivity index (χ1) is 14.6. The quantitative estimate of drug-likeness (QED) is 0.601. The summed E-state index contributed by atoms with van der Waals surface area (Å²) in [5.41, 5.74) is 1.94. The molecule has 7 heteroatoms. The first-order valence-corrected chi connectivity index (χ1v) is 10.3. The maximum absolute atomic E-state index is 12.8. The van der Waals surface area contributed by atoms with Gasteiger partial charge in [0, 0.05) is 38.8 Å². The molecule has 30 heavy (non-hydrogen) atoms. The first kappa shape index (κ1) is 20.2. The number of carbonyl (C=O) groups excluding carboxylic acids is 1. The summed E-state index contributed by atoms with van der Waals surface area (Å²) < 4.78 is 13.1. The molecular formula is C23H28N4O3. The Balaban J connectivity index is 1.25. The molecule has 1 aliphatic heterocycles. The van der Waals surface area contributed by atoms with E-state index in [1.54, 1.807) is 7.11 Å². The van der Waals surface area contributed by atoms with E-state index in [1.807, 2.05) is 64.9 Å². The van der Waals surface area contributed by atoms with Crippen LogP contribution in [0.5, 0.6) is 11.5 Å². The van der Waals surface area contributed by atoms with E-state index in [0.717, 1.165) is 61.1 Å². The van der Waals surface area contributed by atoms with Crippen LogP contribution in [0, 0.1) is 6.92 Å². The van der Waals surface area contributed by atoms with Gasteiger partial charge in [0.05, 0.1) is 18.1 Å². The van der Waals surface area contributed by atoms with E-state index in [4.69, 9.17) is 9.47 Å². The molecule has 4 rings (SSSR count). The number of piperazine rings is 1. The molecule has 7 nitrogen and oxygen atoms in total. The molecule has 1 aliphatic rings. The van der Waals surface area contributed by atoms with Crippen molar-refractivity contribution >= 4 is 16.9 Å². The zero-order valence-electron chi connectivity index (χ0n) is 17.6. The Hall–Kier alpha value is -3.06. The minimum atomic E-state index is 0.147. The van der Waals surface area contributed by atoms with Crippen LogP contribution in [0.15, 0.2) is 48.5 Å². The van der Waals surface area contributed by atoms with Crippen LogP contribution in [0.4, 0.5) is 0 Å². The van der Waals surface area contributed by atoms with Gasteiger partial charge in [-0.05, 0) is 31.2 Å². The minimum Gasteiger partial charge on any atom is -0.497 e. The molecule has 0 atom stereocenters. The molecule has 2 heterocycles. The number of aryl methyl sites for hydroxylation is 1. The van der Waals surface area contributed by atoms with E-state index < -0.39 is 0 Å².